The summed E-state index contributed by atoms with van der Waals surface area (Å²) in [6.45, 7) is 1.37. The van der Waals surface area contributed by atoms with Gasteiger partial charge in [-0.05, 0) is 50.3 Å². The van der Waals surface area contributed by atoms with Crippen molar-refractivity contribution in [2.24, 2.45) is 5.92 Å². The largest absolute Gasteiger partial charge is 0.508 e. The third kappa shape index (κ3) is 4.82. The van der Waals surface area contributed by atoms with Gasteiger partial charge in [0.2, 0.25) is 11.8 Å². The Morgan fingerprint density at radius 3 is 2.73 bits per heavy atom. The van der Waals surface area contributed by atoms with Crippen molar-refractivity contribution in [3.8, 4) is 5.75 Å². The normalized spacial score (nSPS) is 21.2. The van der Waals surface area contributed by atoms with Gasteiger partial charge in [0.05, 0.1) is 10.5 Å². The first-order chi connectivity index (χ1) is 17.7. The Bertz CT molecular complexity index is 1390. The number of rotatable bonds is 6. The van der Waals surface area contributed by atoms with Crippen LogP contribution in [0.15, 0.2) is 42.6 Å². The number of aromatic hydroxyl groups is 1. The molecule has 7 nitrogen and oxygen atoms in total. The van der Waals surface area contributed by atoms with Gasteiger partial charge in [-0.25, -0.2) is 4.39 Å². The Morgan fingerprint density at radius 1 is 1.16 bits per heavy atom. The molecule has 3 unspecified atom stereocenters. The van der Waals surface area contributed by atoms with Crippen LogP contribution < -0.4 is 5.32 Å². The molecule has 0 spiro atoms. The maximum absolute atomic E-state index is 14.3. The number of likely N-dealkylation sites (tertiary alicyclic amines) is 1. The standard InChI is InChI=1S/C28H29ClFN3O4/c1-16(34)21-14-32(24-12-19(35)9-10-20(21)24)15-26(36)33-23-8-3-2-5-17(23)11-25(33)28(37)31-13-18-6-4-7-22(29)27(18)30/h4,6-7,9-10,12,14,17,23,25,35H,2-3,5,8,11,13,15H2,1H3,(H,31,37). The van der Waals surface area contributed by atoms with Crippen LogP contribution in [0.2, 0.25) is 5.02 Å². The van der Waals surface area contributed by atoms with Crippen LogP contribution in [-0.2, 0) is 22.7 Å². The fourth-order valence-corrected chi connectivity index (χ4v) is 6.15. The van der Waals surface area contributed by atoms with E-state index in [9.17, 15) is 23.9 Å². The maximum Gasteiger partial charge on any atom is 0.243 e. The van der Waals surface area contributed by atoms with Crippen molar-refractivity contribution in [2.45, 2.75) is 64.2 Å². The molecule has 2 amide bonds. The summed E-state index contributed by atoms with van der Waals surface area (Å²) in [5.41, 5.74) is 1.33. The van der Waals surface area contributed by atoms with Gasteiger partial charge in [0.1, 0.15) is 24.2 Å². The first kappa shape index (κ1) is 25.3. The molecular weight excluding hydrogens is 497 g/mol. The minimum atomic E-state index is -0.662. The summed E-state index contributed by atoms with van der Waals surface area (Å²) in [4.78, 5) is 41.0. The number of hydrogen-bond donors (Lipinski definition) is 2. The summed E-state index contributed by atoms with van der Waals surface area (Å²) in [5, 5.41) is 13.5. The van der Waals surface area contributed by atoms with E-state index < -0.39 is 11.9 Å². The molecule has 1 saturated heterocycles. The number of phenols is 1. The Hall–Kier alpha value is -3.39. The number of Topliss-reactive ketones (excluding diaryl/α,β-unsaturated/α-hetero) is 1. The molecule has 194 valence electrons. The predicted molar refractivity (Wildman–Crippen MR) is 138 cm³/mol. The second-order valence-electron chi connectivity index (χ2n) is 10.0. The van der Waals surface area contributed by atoms with Gasteiger partial charge in [-0.1, -0.05) is 36.6 Å². The molecule has 2 N–H and O–H groups in total. The van der Waals surface area contributed by atoms with Crippen molar-refractivity contribution in [3.05, 3.63) is 64.6 Å². The molecule has 37 heavy (non-hydrogen) atoms. The Kier molecular flexibility index (Phi) is 6.94. The number of nitrogens with zero attached hydrogens (tertiary/aromatic N) is 2. The van der Waals surface area contributed by atoms with E-state index in [0.717, 1.165) is 25.7 Å². The number of halogens is 2. The van der Waals surface area contributed by atoms with Crippen molar-refractivity contribution < 1.29 is 23.9 Å². The smallest absolute Gasteiger partial charge is 0.243 e. The predicted octanol–water partition coefficient (Wildman–Crippen LogP) is 4.82. The van der Waals surface area contributed by atoms with Crippen molar-refractivity contribution in [2.75, 3.05) is 0 Å². The Labute approximate surface area is 219 Å². The molecule has 0 radical (unpaired) electrons. The van der Waals surface area contributed by atoms with E-state index in [1.165, 1.54) is 25.1 Å². The molecule has 1 saturated carbocycles. The van der Waals surface area contributed by atoms with Crippen molar-refractivity contribution in [1.29, 1.82) is 0 Å². The lowest BCUT2D eigenvalue weighted by atomic mass is 9.84. The zero-order valence-corrected chi connectivity index (χ0v) is 21.3. The molecule has 2 aliphatic rings. The summed E-state index contributed by atoms with van der Waals surface area (Å²) in [7, 11) is 0. The molecule has 5 rings (SSSR count). The van der Waals surface area contributed by atoms with Crippen molar-refractivity contribution in [3.63, 3.8) is 0 Å². The molecule has 2 heterocycles. The fourth-order valence-electron chi connectivity index (χ4n) is 5.96. The zero-order chi connectivity index (χ0) is 26.3. The van der Waals surface area contributed by atoms with Gasteiger partial charge in [-0.2, -0.15) is 0 Å². The SMILES string of the molecule is CC(=O)c1cn(CC(=O)N2C(C(=O)NCc3cccc(Cl)c3F)CC3CCCCC32)c2cc(O)ccc12. The quantitative estimate of drug-likeness (QED) is 0.451. The van der Waals surface area contributed by atoms with Crippen molar-refractivity contribution >= 4 is 40.1 Å². The summed E-state index contributed by atoms with van der Waals surface area (Å²) in [5.74, 6) is -0.981. The first-order valence-electron chi connectivity index (χ1n) is 12.6. The van der Waals surface area contributed by atoms with Crippen LogP contribution in [0.1, 0.15) is 54.9 Å². The average Bonchev–Trinajstić information content (AvgIpc) is 3.43. The molecule has 1 aliphatic carbocycles. The first-order valence-corrected chi connectivity index (χ1v) is 13.0. The number of carbonyl (C=O) groups excluding carboxylic acids is 3. The van der Waals surface area contributed by atoms with Gasteiger partial charge in [-0.3, -0.25) is 14.4 Å². The number of hydrogen-bond acceptors (Lipinski definition) is 4. The van der Waals surface area contributed by atoms with Crippen molar-refractivity contribution in [1.82, 2.24) is 14.8 Å². The Morgan fingerprint density at radius 2 is 1.95 bits per heavy atom. The van der Waals surface area contributed by atoms with Crippen LogP contribution in [0, 0.1) is 11.7 Å². The second kappa shape index (κ2) is 10.2. The molecule has 1 aromatic heterocycles. The minimum Gasteiger partial charge on any atom is -0.508 e. The lowest BCUT2D eigenvalue weighted by molar-refractivity contribution is -0.141. The van der Waals surface area contributed by atoms with Gasteiger partial charge >= 0.3 is 0 Å². The molecule has 1 aliphatic heterocycles. The lowest BCUT2D eigenvalue weighted by Crippen LogP contribution is -2.50. The third-order valence-corrected chi connectivity index (χ3v) is 8.01. The fraction of sp³-hybridized carbons (Fsp3) is 0.393. The van der Waals surface area contributed by atoms with E-state index in [4.69, 9.17) is 11.6 Å². The number of amides is 2. The van der Waals surface area contributed by atoms with Crippen LogP contribution in [0.3, 0.4) is 0 Å². The highest BCUT2D eigenvalue weighted by Crippen LogP contribution is 2.40. The molecule has 0 bridgehead atoms. The number of nitrogens with one attached hydrogen (secondary N) is 1. The van der Waals surface area contributed by atoms with Crippen LogP contribution >= 0.6 is 11.6 Å². The van der Waals surface area contributed by atoms with Crippen LogP contribution in [0.4, 0.5) is 4.39 Å². The maximum atomic E-state index is 14.3. The number of aromatic nitrogens is 1. The van der Waals surface area contributed by atoms with Crippen LogP contribution in [-0.4, -0.2) is 44.3 Å². The van der Waals surface area contributed by atoms with Gasteiger partial charge in [0.25, 0.3) is 0 Å². The van der Waals surface area contributed by atoms with Gasteiger partial charge < -0.3 is 19.9 Å². The second-order valence-corrected chi connectivity index (χ2v) is 10.4. The number of carbonyl (C=O) groups is 3. The molecular formula is C28H29ClFN3O4. The summed E-state index contributed by atoms with van der Waals surface area (Å²) in [6.07, 6.45) is 6.03. The van der Waals surface area contributed by atoms with E-state index in [0.29, 0.717) is 22.9 Å². The van der Waals surface area contributed by atoms with E-state index in [-0.39, 0.29) is 59.0 Å². The number of fused-ring (bicyclic) bond motifs is 2. The molecule has 3 aromatic rings. The monoisotopic (exact) mass is 525 g/mol. The summed E-state index contributed by atoms with van der Waals surface area (Å²) in [6, 6.07) is 8.66. The molecule has 3 atom stereocenters. The lowest BCUT2D eigenvalue weighted by Gasteiger charge is -2.34. The molecule has 2 aromatic carbocycles. The van der Waals surface area contributed by atoms with E-state index >= 15 is 0 Å². The van der Waals surface area contributed by atoms with E-state index in [1.54, 1.807) is 33.9 Å². The van der Waals surface area contributed by atoms with Crippen LogP contribution in [0.25, 0.3) is 10.9 Å². The van der Waals surface area contributed by atoms with Gasteiger partial charge in [0, 0.05) is 41.4 Å². The van der Waals surface area contributed by atoms with Gasteiger partial charge in [0.15, 0.2) is 5.78 Å². The number of benzene rings is 2. The number of ketones is 1. The average molecular weight is 526 g/mol. The molecule has 2 fully saturated rings. The summed E-state index contributed by atoms with van der Waals surface area (Å²) >= 11 is 5.87. The Balaban J connectivity index is 1.40. The highest BCUT2D eigenvalue weighted by Gasteiger charge is 2.47. The number of phenolic OH excluding ortho intramolecular Hbond substituents is 1. The third-order valence-electron chi connectivity index (χ3n) is 7.71. The highest BCUT2D eigenvalue weighted by atomic mass is 35.5. The van der Waals surface area contributed by atoms with E-state index in [2.05, 4.69) is 5.32 Å². The molecule has 9 heteroatoms. The minimum absolute atomic E-state index is 0.00893. The summed E-state index contributed by atoms with van der Waals surface area (Å²) < 4.78 is 16.0. The zero-order valence-electron chi connectivity index (χ0n) is 20.5. The van der Waals surface area contributed by atoms with E-state index in [1.807, 2.05) is 0 Å². The van der Waals surface area contributed by atoms with Crippen LogP contribution in [0.5, 0.6) is 5.75 Å². The van der Waals surface area contributed by atoms with Gasteiger partial charge in [-0.15, -0.1) is 0 Å². The highest BCUT2D eigenvalue weighted by molar-refractivity contribution is 6.30. The topological polar surface area (TPSA) is 91.6 Å².